The molecule has 0 radical (unpaired) electrons. The Morgan fingerprint density at radius 2 is 1.62 bits per heavy atom. The summed E-state index contributed by atoms with van der Waals surface area (Å²) in [6.07, 6.45) is -2.69. The zero-order chi connectivity index (χ0) is 29.2. The van der Waals surface area contributed by atoms with Crippen molar-refractivity contribution in [2.24, 2.45) is 0 Å². The summed E-state index contributed by atoms with van der Waals surface area (Å²) < 4.78 is 13.4. The van der Waals surface area contributed by atoms with Crippen molar-refractivity contribution in [2.75, 3.05) is 13.1 Å². The molecule has 0 bridgehead atoms. The van der Waals surface area contributed by atoms with Crippen LogP contribution in [0.25, 0.3) is 0 Å². The number of phenols is 1. The van der Waals surface area contributed by atoms with Crippen molar-refractivity contribution < 1.29 is 34.1 Å². The molecule has 0 saturated heterocycles. The molecule has 0 aliphatic carbocycles. The maximum atomic E-state index is 13.4. The van der Waals surface area contributed by atoms with Gasteiger partial charge in [-0.2, -0.15) is 0 Å². The van der Waals surface area contributed by atoms with Crippen LogP contribution in [0.5, 0.6) is 5.75 Å². The highest BCUT2D eigenvalue weighted by molar-refractivity contribution is 5.97. The number of amides is 3. The van der Waals surface area contributed by atoms with Crippen LogP contribution in [0.15, 0.2) is 72.8 Å². The van der Waals surface area contributed by atoms with Gasteiger partial charge in [-0.3, -0.25) is 14.4 Å². The summed E-state index contributed by atoms with van der Waals surface area (Å²) in [6, 6.07) is 18.0. The second kappa shape index (κ2) is 14.2. The molecule has 40 heavy (non-hydrogen) atoms. The summed E-state index contributed by atoms with van der Waals surface area (Å²) in [7, 11) is 0. The van der Waals surface area contributed by atoms with Crippen LogP contribution in [0.1, 0.15) is 34.0 Å². The molecular weight excluding hydrogens is 517 g/mol. The highest BCUT2D eigenvalue weighted by atomic mass is 19.1. The summed E-state index contributed by atoms with van der Waals surface area (Å²) in [5.41, 5.74) is 1.78. The molecule has 3 aromatic carbocycles. The summed E-state index contributed by atoms with van der Waals surface area (Å²) >= 11 is 0. The summed E-state index contributed by atoms with van der Waals surface area (Å²) in [5.74, 6) is -2.57. The molecule has 0 aliphatic heterocycles. The molecule has 3 unspecified atom stereocenters. The number of rotatable bonds is 12. The molecule has 0 spiro atoms. The van der Waals surface area contributed by atoms with Gasteiger partial charge in [-0.25, -0.2) is 4.39 Å². The first-order chi connectivity index (χ1) is 19.0. The molecule has 3 atom stereocenters. The number of hydrogen-bond donors (Lipinski definition) is 5. The molecule has 3 rings (SSSR count). The number of aromatic hydroxyl groups is 1. The quantitative estimate of drug-likeness (QED) is 0.234. The molecule has 0 heterocycles. The number of carbonyl (C=O) groups excluding carboxylic acids is 3. The average molecular weight is 552 g/mol. The van der Waals surface area contributed by atoms with Crippen molar-refractivity contribution >= 4 is 17.7 Å². The molecule has 3 amide bonds. The van der Waals surface area contributed by atoms with E-state index in [4.69, 9.17) is 0 Å². The highest BCUT2D eigenvalue weighted by Gasteiger charge is 2.33. The number of halogens is 1. The summed E-state index contributed by atoms with van der Waals surface area (Å²) in [4.78, 5) is 40.2. The zero-order valence-corrected chi connectivity index (χ0v) is 22.4. The lowest BCUT2D eigenvalue weighted by molar-refractivity contribution is -0.145. The molecule has 0 aliphatic rings. The van der Waals surface area contributed by atoms with Crippen LogP contribution in [0.4, 0.5) is 4.39 Å². The molecule has 5 N–H and O–H groups in total. The van der Waals surface area contributed by atoms with E-state index in [-0.39, 0.29) is 30.8 Å². The van der Waals surface area contributed by atoms with Crippen molar-refractivity contribution in [2.45, 2.75) is 45.1 Å². The van der Waals surface area contributed by atoms with Crippen LogP contribution in [0.3, 0.4) is 0 Å². The third-order valence-corrected chi connectivity index (χ3v) is 6.31. The van der Waals surface area contributed by atoms with Crippen LogP contribution in [-0.4, -0.2) is 69.3 Å². The predicted molar refractivity (Wildman–Crippen MR) is 147 cm³/mol. The molecule has 0 aromatic heterocycles. The first-order valence-corrected chi connectivity index (χ1v) is 12.8. The molecule has 0 fully saturated rings. The van der Waals surface area contributed by atoms with E-state index < -0.39 is 48.3 Å². The second-order valence-electron chi connectivity index (χ2n) is 9.64. The molecular formula is C30H34FN3O6. The molecule has 10 heteroatoms. The van der Waals surface area contributed by atoms with E-state index in [1.54, 1.807) is 37.3 Å². The van der Waals surface area contributed by atoms with Gasteiger partial charge in [0.1, 0.15) is 11.6 Å². The van der Waals surface area contributed by atoms with Crippen LogP contribution in [0.2, 0.25) is 0 Å². The molecule has 3 aromatic rings. The lowest BCUT2D eigenvalue weighted by Crippen LogP contribution is -2.55. The molecule has 0 saturated carbocycles. The minimum Gasteiger partial charge on any atom is -0.508 e. The number of hydrogen-bond acceptors (Lipinski definition) is 6. The number of aliphatic hydroxyl groups excluding tert-OH is 2. The van der Waals surface area contributed by atoms with E-state index >= 15 is 0 Å². The Morgan fingerprint density at radius 3 is 2.30 bits per heavy atom. The Morgan fingerprint density at radius 1 is 0.950 bits per heavy atom. The average Bonchev–Trinajstić information content (AvgIpc) is 2.92. The summed E-state index contributed by atoms with van der Waals surface area (Å²) in [5, 5.41) is 36.5. The standard InChI is InChI=1S/C30H34FN3O6/c1-19(35)17-34(18-27(37)32-16-22-10-6-11-23(31)14-22)30(40)28(38)25(15-21-8-4-3-5-9-21)33-29(39)24-12-7-13-26(36)20(24)2/h3-14,19,25,28,35-36,38H,15-18H2,1-2H3,(H,32,37)(H,33,39). The second-order valence-corrected chi connectivity index (χ2v) is 9.64. The van der Waals surface area contributed by atoms with E-state index in [0.717, 1.165) is 10.5 Å². The number of phenolic OH excluding ortho intramolecular Hbond substituents is 1. The van der Waals surface area contributed by atoms with Crippen molar-refractivity contribution in [3.63, 3.8) is 0 Å². The van der Waals surface area contributed by atoms with Crippen molar-refractivity contribution in [1.82, 2.24) is 15.5 Å². The van der Waals surface area contributed by atoms with E-state index in [1.807, 2.05) is 6.07 Å². The molecule has 9 nitrogen and oxygen atoms in total. The van der Waals surface area contributed by atoms with Gasteiger partial charge in [-0.1, -0.05) is 48.5 Å². The minimum absolute atomic E-state index is 0.0197. The van der Waals surface area contributed by atoms with Gasteiger partial charge in [0.15, 0.2) is 6.10 Å². The topological polar surface area (TPSA) is 139 Å². The summed E-state index contributed by atoms with van der Waals surface area (Å²) in [6.45, 7) is 2.30. The minimum atomic E-state index is -1.77. The third-order valence-electron chi connectivity index (χ3n) is 6.31. The maximum Gasteiger partial charge on any atom is 0.254 e. The maximum absolute atomic E-state index is 13.4. The monoisotopic (exact) mass is 551 g/mol. The first kappa shape index (κ1) is 30.3. The van der Waals surface area contributed by atoms with E-state index in [9.17, 15) is 34.1 Å². The van der Waals surface area contributed by atoms with Crippen molar-refractivity contribution in [3.8, 4) is 5.75 Å². The van der Waals surface area contributed by atoms with E-state index in [0.29, 0.717) is 11.1 Å². The lowest BCUT2D eigenvalue weighted by atomic mass is 9.98. The van der Waals surface area contributed by atoms with Gasteiger partial charge >= 0.3 is 0 Å². The Hall–Kier alpha value is -4.28. The van der Waals surface area contributed by atoms with Gasteiger partial charge in [0.25, 0.3) is 11.8 Å². The number of aliphatic hydroxyl groups is 2. The van der Waals surface area contributed by atoms with Crippen molar-refractivity contribution in [1.29, 1.82) is 0 Å². The Bertz CT molecular complexity index is 1320. The number of benzene rings is 3. The van der Waals surface area contributed by atoms with E-state index in [2.05, 4.69) is 10.6 Å². The third kappa shape index (κ3) is 8.62. The predicted octanol–water partition coefficient (Wildman–Crippen LogP) is 2.07. The van der Waals surface area contributed by atoms with Gasteiger partial charge in [0.05, 0.1) is 18.7 Å². The van der Waals surface area contributed by atoms with Gasteiger partial charge in [0, 0.05) is 24.2 Å². The Balaban J connectivity index is 1.78. The van der Waals surface area contributed by atoms with Crippen LogP contribution in [0, 0.1) is 12.7 Å². The number of nitrogens with one attached hydrogen (secondary N) is 2. The number of carbonyl (C=O) groups is 3. The first-order valence-electron chi connectivity index (χ1n) is 12.8. The van der Waals surface area contributed by atoms with Gasteiger partial charge < -0.3 is 30.9 Å². The van der Waals surface area contributed by atoms with Gasteiger partial charge in [0.2, 0.25) is 5.91 Å². The largest absolute Gasteiger partial charge is 0.508 e. The fourth-order valence-corrected chi connectivity index (χ4v) is 4.21. The highest BCUT2D eigenvalue weighted by Crippen LogP contribution is 2.20. The van der Waals surface area contributed by atoms with Crippen LogP contribution >= 0.6 is 0 Å². The number of nitrogens with zero attached hydrogens (tertiary/aromatic N) is 1. The van der Waals surface area contributed by atoms with Gasteiger partial charge in [-0.15, -0.1) is 0 Å². The van der Waals surface area contributed by atoms with Crippen LogP contribution in [-0.2, 0) is 22.6 Å². The van der Waals surface area contributed by atoms with Crippen molar-refractivity contribution in [3.05, 3.63) is 101 Å². The Kier molecular flexibility index (Phi) is 10.7. The fraction of sp³-hybridized carbons (Fsp3) is 0.300. The zero-order valence-electron chi connectivity index (χ0n) is 22.4. The fourth-order valence-electron chi connectivity index (χ4n) is 4.21. The van der Waals surface area contributed by atoms with Gasteiger partial charge in [-0.05, 0) is 55.7 Å². The van der Waals surface area contributed by atoms with E-state index in [1.165, 1.54) is 43.3 Å². The lowest BCUT2D eigenvalue weighted by Gasteiger charge is -2.30. The molecule has 212 valence electrons. The van der Waals surface area contributed by atoms with Crippen LogP contribution < -0.4 is 10.6 Å². The normalized spacial score (nSPS) is 13.1. The Labute approximate surface area is 232 Å². The SMILES string of the molecule is Cc1c(O)cccc1C(=O)NC(Cc1ccccc1)C(O)C(=O)N(CC(=O)NCc1cccc(F)c1)CC(C)O. The smallest absolute Gasteiger partial charge is 0.254 e.